The fourth-order valence-corrected chi connectivity index (χ4v) is 1.83. The maximum Gasteiger partial charge on any atom is 0.138 e. The van der Waals surface area contributed by atoms with Crippen LogP contribution in [-0.4, -0.2) is 24.7 Å². The van der Waals surface area contributed by atoms with Crippen LogP contribution < -0.4 is 15.4 Å². The molecule has 0 aliphatic carbocycles. The van der Waals surface area contributed by atoms with Gasteiger partial charge in [0.25, 0.3) is 0 Å². The minimum Gasteiger partial charge on any atom is -0.489 e. The molecule has 0 heterocycles. The van der Waals surface area contributed by atoms with Gasteiger partial charge in [0.05, 0.1) is 11.1 Å². The Morgan fingerprint density at radius 1 is 1.21 bits per heavy atom. The predicted molar refractivity (Wildman–Crippen MR) is 83.5 cm³/mol. The van der Waals surface area contributed by atoms with Crippen LogP contribution in [0.25, 0.3) is 0 Å². The van der Waals surface area contributed by atoms with E-state index in [1.54, 1.807) is 0 Å². The number of hydrogen-bond donors (Lipinski definition) is 2. The van der Waals surface area contributed by atoms with Gasteiger partial charge in [-0.25, -0.2) is 0 Å². The Kier molecular flexibility index (Phi) is 5.95. The highest BCUT2D eigenvalue weighted by molar-refractivity contribution is 6.32. The molecule has 19 heavy (non-hydrogen) atoms. The minimum atomic E-state index is 0.132. The van der Waals surface area contributed by atoms with E-state index < -0.39 is 0 Å². The smallest absolute Gasteiger partial charge is 0.138 e. The van der Waals surface area contributed by atoms with E-state index in [4.69, 9.17) is 16.3 Å². The molecule has 0 fully saturated rings. The molecular weight excluding hydrogens is 260 g/mol. The molecule has 0 aliphatic rings. The van der Waals surface area contributed by atoms with Crippen LogP contribution in [0.3, 0.4) is 0 Å². The van der Waals surface area contributed by atoms with E-state index in [2.05, 4.69) is 31.4 Å². The summed E-state index contributed by atoms with van der Waals surface area (Å²) in [7, 11) is 0. The molecule has 0 amide bonds. The summed E-state index contributed by atoms with van der Waals surface area (Å²) in [5, 5.41) is 7.40. The second-order valence-corrected chi connectivity index (χ2v) is 6.32. The Hall–Kier alpha value is -0.930. The molecule has 4 heteroatoms. The molecule has 108 valence electrons. The van der Waals surface area contributed by atoms with Crippen molar-refractivity contribution < 1.29 is 4.74 Å². The lowest BCUT2D eigenvalue weighted by Crippen LogP contribution is -2.38. The molecule has 0 saturated heterocycles. The van der Waals surface area contributed by atoms with Crippen molar-refractivity contribution in [3.8, 4) is 5.75 Å². The first kappa shape index (κ1) is 16.1. The lowest BCUT2D eigenvalue weighted by Gasteiger charge is -2.20. The monoisotopic (exact) mass is 284 g/mol. The molecule has 0 saturated carbocycles. The molecule has 1 rings (SSSR count). The minimum absolute atomic E-state index is 0.132. The summed E-state index contributed by atoms with van der Waals surface area (Å²) >= 11 is 6.18. The van der Waals surface area contributed by atoms with Gasteiger partial charge in [-0.2, -0.15) is 0 Å². The number of halogens is 1. The van der Waals surface area contributed by atoms with Gasteiger partial charge < -0.3 is 15.4 Å². The van der Waals surface area contributed by atoms with Gasteiger partial charge in [-0.05, 0) is 52.8 Å². The molecule has 0 aliphatic heterocycles. The van der Waals surface area contributed by atoms with Crippen molar-refractivity contribution in [1.29, 1.82) is 0 Å². The zero-order valence-electron chi connectivity index (χ0n) is 12.5. The van der Waals surface area contributed by atoms with Crippen LogP contribution in [0.1, 0.15) is 34.6 Å². The van der Waals surface area contributed by atoms with Crippen LogP contribution in [0.15, 0.2) is 18.2 Å². The Morgan fingerprint density at radius 3 is 2.42 bits per heavy atom. The number of rotatable bonds is 6. The van der Waals surface area contributed by atoms with Gasteiger partial charge in [0, 0.05) is 24.3 Å². The average molecular weight is 285 g/mol. The van der Waals surface area contributed by atoms with Crippen molar-refractivity contribution in [2.75, 3.05) is 18.4 Å². The van der Waals surface area contributed by atoms with E-state index in [9.17, 15) is 0 Å². The molecule has 0 aromatic heterocycles. The lowest BCUT2D eigenvalue weighted by atomic mass is 10.1. The Morgan fingerprint density at radius 2 is 1.89 bits per heavy atom. The van der Waals surface area contributed by atoms with E-state index in [0.717, 1.165) is 24.5 Å². The van der Waals surface area contributed by atoms with Crippen LogP contribution in [-0.2, 0) is 0 Å². The number of ether oxygens (including phenoxy) is 1. The van der Waals surface area contributed by atoms with E-state index in [0.29, 0.717) is 5.02 Å². The third-order valence-corrected chi connectivity index (χ3v) is 2.70. The van der Waals surface area contributed by atoms with Gasteiger partial charge in [-0.1, -0.05) is 11.6 Å². The highest BCUT2D eigenvalue weighted by Crippen LogP contribution is 2.28. The van der Waals surface area contributed by atoms with Gasteiger partial charge in [0.1, 0.15) is 5.75 Å². The van der Waals surface area contributed by atoms with Crippen LogP contribution in [0.4, 0.5) is 5.69 Å². The van der Waals surface area contributed by atoms with E-state index in [1.165, 1.54) is 0 Å². The number of benzene rings is 1. The molecule has 0 atom stereocenters. The zero-order chi connectivity index (χ0) is 14.5. The summed E-state index contributed by atoms with van der Waals surface area (Å²) in [4.78, 5) is 0. The van der Waals surface area contributed by atoms with Gasteiger partial charge in [0.2, 0.25) is 0 Å². The van der Waals surface area contributed by atoms with Crippen molar-refractivity contribution in [3.05, 3.63) is 23.2 Å². The van der Waals surface area contributed by atoms with Gasteiger partial charge >= 0.3 is 0 Å². The van der Waals surface area contributed by atoms with Gasteiger partial charge in [0.15, 0.2) is 0 Å². The number of anilines is 1. The van der Waals surface area contributed by atoms with E-state index in [1.807, 2.05) is 32.0 Å². The number of hydrogen-bond acceptors (Lipinski definition) is 3. The molecule has 2 N–H and O–H groups in total. The quantitative estimate of drug-likeness (QED) is 0.777. The molecular formula is C15H25ClN2O. The molecule has 1 aromatic rings. The first-order chi connectivity index (χ1) is 8.78. The standard InChI is InChI=1S/C15H25ClN2O/c1-11(2)19-14-7-6-12(10-13(14)16)17-8-9-18-15(3,4)5/h6-7,10-11,17-18H,8-9H2,1-5H3. The third-order valence-electron chi connectivity index (χ3n) is 2.40. The molecule has 1 aromatic carbocycles. The first-order valence-electron chi connectivity index (χ1n) is 6.73. The zero-order valence-corrected chi connectivity index (χ0v) is 13.3. The Bertz CT molecular complexity index is 400. The molecule has 3 nitrogen and oxygen atoms in total. The van der Waals surface area contributed by atoms with Crippen LogP contribution in [0.2, 0.25) is 5.02 Å². The van der Waals surface area contributed by atoms with Gasteiger partial charge in [-0.3, -0.25) is 0 Å². The second-order valence-electron chi connectivity index (χ2n) is 5.92. The fourth-order valence-electron chi connectivity index (χ4n) is 1.60. The Labute approximate surface area is 121 Å². The summed E-state index contributed by atoms with van der Waals surface area (Å²) in [6.07, 6.45) is 0.132. The normalized spacial score (nSPS) is 11.7. The van der Waals surface area contributed by atoms with Crippen molar-refractivity contribution in [2.24, 2.45) is 0 Å². The van der Waals surface area contributed by atoms with Crippen molar-refractivity contribution in [3.63, 3.8) is 0 Å². The SMILES string of the molecule is CC(C)Oc1ccc(NCCNC(C)(C)C)cc1Cl. The Balaban J connectivity index is 2.45. The fraction of sp³-hybridized carbons (Fsp3) is 0.600. The van der Waals surface area contributed by atoms with E-state index >= 15 is 0 Å². The van der Waals surface area contributed by atoms with E-state index in [-0.39, 0.29) is 11.6 Å². The van der Waals surface area contributed by atoms with Crippen molar-refractivity contribution >= 4 is 17.3 Å². The predicted octanol–water partition coefficient (Wildman–Crippen LogP) is 3.93. The molecule has 0 radical (unpaired) electrons. The molecule has 0 bridgehead atoms. The summed E-state index contributed by atoms with van der Waals surface area (Å²) in [5.41, 5.74) is 1.16. The summed E-state index contributed by atoms with van der Waals surface area (Å²) in [5.74, 6) is 0.732. The molecule has 0 unspecified atom stereocenters. The average Bonchev–Trinajstić information content (AvgIpc) is 2.26. The van der Waals surface area contributed by atoms with Gasteiger partial charge in [-0.15, -0.1) is 0 Å². The summed E-state index contributed by atoms with van der Waals surface area (Å²) < 4.78 is 5.60. The molecule has 0 spiro atoms. The van der Waals surface area contributed by atoms with Crippen molar-refractivity contribution in [1.82, 2.24) is 5.32 Å². The van der Waals surface area contributed by atoms with Crippen LogP contribution >= 0.6 is 11.6 Å². The maximum atomic E-state index is 6.18. The first-order valence-corrected chi connectivity index (χ1v) is 7.11. The topological polar surface area (TPSA) is 33.3 Å². The van der Waals surface area contributed by atoms with Crippen LogP contribution in [0, 0.1) is 0 Å². The lowest BCUT2D eigenvalue weighted by molar-refractivity contribution is 0.242. The third kappa shape index (κ3) is 6.69. The largest absolute Gasteiger partial charge is 0.489 e. The van der Waals surface area contributed by atoms with Crippen LogP contribution in [0.5, 0.6) is 5.75 Å². The summed E-state index contributed by atoms with van der Waals surface area (Å²) in [6, 6.07) is 5.79. The number of nitrogens with one attached hydrogen (secondary N) is 2. The highest BCUT2D eigenvalue weighted by Gasteiger charge is 2.08. The second kappa shape index (κ2) is 7.01. The summed E-state index contributed by atoms with van der Waals surface area (Å²) in [6.45, 7) is 12.2. The maximum absolute atomic E-state index is 6.18. The highest BCUT2D eigenvalue weighted by atomic mass is 35.5. The van der Waals surface area contributed by atoms with Crippen molar-refractivity contribution in [2.45, 2.75) is 46.3 Å².